The van der Waals surface area contributed by atoms with Crippen LogP contribution >= 0.6 is 0 Å². The van der Waals surface area contributed by atoms with Crippen LogP contribution in [-0.4, -0.2) is 6.71 Å². The van der Waals surface area contributed by atoms with E-state index in [2.05, 4.69) is 247 Å². The van der Waals surface area contributed by atoms with Gasteiger partial charge >= 0.3 is 0 Å². The molecule has 0 spiro atoms. The normalized spacial score (nSPS) is 15.3. The van der Waals surface area contributed by atoms with Crippen LogP contribution in [0.2, 0.25) is 0 Å². The number of benzene rings is 7. The highest BCUT2D eigenvalue weighted by molar-refractivity contribution is 7.00. The summed E-state index contributed by atoms with van der Waals surface area (Å²) in [6.07, 6.45) is 2.17. The highest BCUT2D eigenvalue weighted by Gasteiger charge is 2.45. The molecule has 7 aromatic rings. The number of nitrogens with zero attached hydrogens (tertiary/aromatic N) is 2. The molecule has 0 aromatic heterocycles. The molecule has 2 aliphatic heterocycles. The topological polar surface area (TPSA) is 6.48 Å². The van der Waals surface area contributed by atoms with Gasteiger partial charge in [-0.05, 0) is 173 Å². The second-order valence-electron chi connectivity index (χ2n) is 25.2. The lowest BCUT2D eigenvalue weighted by molar-refractivity contribution is 0.392. The van der Waals surface area contributed by atoms with E-state index in [0.29, 0.717) is 0 Å². The Bertz CT molecular complexity index is 3100. The third-order valence-corrected chi connectivity index (χ3v) is 15.1. The van der Waals surface area contributed by atoms with E-state index in [1.807, 2.05) is 0 Å². The van der Waals surface area contributed by atoms with Gasteiger partial charge in [-0.1, -0.05) is 176 Å². The van der Waals surface area contributed by atoms with Crippen LogP contribution in [0.25, 0.3) is 22.3 Å². The molecule has 0 radical (unpaired) electrons. The second kappa shape index (κ2) is 15.4. The van der Waals surface area contributed by atoms with Crippen LogP contribution in [-0.2, 0) is 34.5 Å². The average molecular weight is 879 g/mol. The minimum absolute atomic E-state index is 0.00312. The number of anilines is 6. The lowest BCUT2D eigenvalue weighted by Crippen LogP contribution is -2.61. The molecule has 0 atom stereocenters. The summed E-state index contributed by atoms with van der Waals surface area (Å²) in [5.41, 5.74) is 26.5. The van der Waals surface area contributed by atoms with E-state index >= 15 is 0 Å². The molecule has 0 unspecified atom stereocenters. The Labute approximate surface area is 403 Å². The van der Waals surface area contributed by atoms with Crippen molar-refractivity contribution < 1.29 is 0 Å². The highest BCUT2D eigenvalue weighted by Crippen LogP contribution is 2.50. The van der Waals surface area contributed by atoms with Gasteiger partial charge in [0.1, 0.15) is 0 Å². The first-order valence-corrected chi connectivity index (χ1v) is 24.9. The smallest absolute Gasteiger partial charge is 0.252 e. The summed E-state index contributed by atoms with van der Waals surface area (Å²) in [5.74, 6) is 0. The fourth-order valence-electron chi connectivity index (χ4n) is 11.3. The van der Waals surface area contributed by atoms with Crippen LogP contribution in [0.15, 0.2) is 133 Å². The molecule has 3 aliphatic rings. The van der Waals surface area contributed by atoms with Crippen LogP contribution in [0.4, 0.5) is 34.1 Å². The standard InChI is InChI=1S/C64H71BN2/c1-40-30-57-59-58(31-40)67(54-29-27-48(62(8,9)10)36-51(54)43-19-16-18-42(32-43)41-22-24-46(25-23-41)60(2,3)4)55-34-45-39-64(14,15)38-44(45)33-53(55)65(59)52-28-26-49(63(11,12)13)37-56(52)66(57)50-21-17-20-47(35-50)61(5,6)7/h16-37H,38-39H2,1-15H3. The Kier molecular flexibility index (Phi) is 10.3. The number of rotatable bonds is 4. The van der Waals surface area contributed by atoms with Gasteiger partial charge in [0.25, 0.3) is 6.71 Å². The predicted molar refractivity (Wildman–Crippen MR) is 292 cm³/mol. The Hall–Kier alpha value is -5.80. The fraction of sp³-hybridized carbons (Fsp3) is 0.344. The quantitative estimate of drug-likeness (QED) is 0.163. The highest BCUT2D eigenvalue weighted by atomic mass is 15.2. The summed E-state index contributed by atoms with van der Waals surface area (Å²) < 4.78 is 0. The van der Waals surface area contributed by atoms with E-state index < -0.39 is 0 Å². The minimum Gasteiger partial charge on any atom is -0.311 e. The van der Waals surface area contributed by atoms with Crippen molar-refractivity contribution in [3.63, 3.8) is 0 Å². The molecule has 0 amide bonds. The van der Waals surface area contributed by atoms with Crippen molar-refractivity contribution in [1.82, 2.24) is 0 Å². The summed E-state index contributed by atoms with van der Waals surface area (Å²) in [5, 5.41) is 0. The first kappa shape index (κ1) is 45.0. The first-order valence-electron chi connectivity index (χ1n) is 24.9. The zero-order valence-electron chi connectivity index (χ0n) is 43.1. The average Bonchev–Trinajstić information content (AvgIpc) is 3.56. The maximum Gasteiger partial charge on any atom is 0.252 e. The van der Waals surface area contributed by atoms with Crippen molar-refractivity contribution in [2.45, 2.75) is 138 Å². The fourth-order valence-corrected chi connectivity index (χ4v) is 11.3. The molecule has 1 aliphatic carbocycles. The van der Waals surface area contributed by atoms with E-state index in [0.717, 1.165) is 12.8 Å². The second-order valence-corrected chi connectivity index (χ2v) is 25.2. The zero-order valence-corrected chi connectivity index (χ0v) is 43.1. The van der Waals surface area contributed by atoms with Crippen molar-refractivity contribution in [1.29, 1.82) is 0 Å². The van der Waals surface area contributed by atoms with E-state index in [1.54, 1.807) is 0 Å². The van der Waals surface area contributed by atoms with E-state index in [4.69, 9.17) is 0 Å². The molecule has 0 saturated heterocycles. The van der Waals surface area contributed by atoms with Gasteiger partial charge in [0.05, 0.1) is 5.69 Å². The number of hydrogen-bond donors (Lipinski definition) is 0. The van der Waals surface area contributed by atoms with Crippen molar-refractivity contribution in [3.05, 3.63) is 172 Å². The van der Waals surface area contributed by atoms with Crippen LogP contribution in [0, 0.1) is 12.3 Å². The van der Waals surface area contributed by atoms with Crippen LogP contribution in [0.1, 0.15) is 136 Å². The molecule has 0 fully saturated rings. The molecular formula is C64H71BN2. The maximum atomic E-state index is 2.67. The maximum absolute atomic E-state index is 2.67. The summed E-state index contributed by atoms with van der Waals surface area (Å²) in [7, 11) is 0. The molecule has 3 heteroatoms. The first-order chi connectivity index (χ1) is 31.4. The number of fused-ring (bicyclic) bond motifs is 5. The van der Waals surface area contributed by atoms with E-state index in [1.165, 1.54) is 112 Å². The molecule has 67 heavy (non-hydrogen) atoms. The molecule has 10 rings (SSSR count). The van der Waals surface area contributed by atoms with Gasteiger partial charge < -0.3 is 9.80 Å². The predicted octanol–water partition coefficient (Wildman–Crippen LogP) is 15.7. The van der Waals surface area contributed by atoms with Gasteiger partial charge in [-0.2, -0.15) is 0 Å². The third kappa shape index (κ3) is 7.95. The molecule has 0 N–H and O–H groups in total. The van der Waals surface area contributed by atoms with Crippen LogP contribution in [0.3, 0.4) is 0 Å². The van der Waals surface area contributed by atoms with Crippen molar-refractivity contribution in [3.8, 4) is 22.3 Å². The summed E-state index contributed by atoms with van der Waals surface area (Å²) in [4.78, 5) is 5.29. The van der Waals surface area contributed by atoms with Gasteiger partial charge in [-0.25, -0.2) is 0 Å². The molecule has 0 bridgehead atoms. The van der Waals surface area contributed by atoms with Gasteiger partial charge in [-0.3, -0.25) is 0 Å². The molecule has 2 nitrogen and oxygen atoms in total. The zero-order chi connectivity index (χ0) is 47.7. The number of hydrogen-bond acceptors (Lipinski definition) is 2. The number of aryl methyl sites for hydroxylation is 1. The van der Waals surface area contributed by atoms with Gasteiger partial charge in [0, 0.05) is 34.0 Å². The van der Waals surface area contributed by atoms with Crippen LogP contribution in [0.5, 0.6) is 0 Å². The van der Waals surface area contributed by atoms with Gasteiger partial charge in [-0.15, -0.1) is 0 Å². The Morgan fingerprint density at radius 2 is 0.955 bits per heavy atom. The monoisotopic (exact) mass is 879 g/mol. The van der Waals surface area contributed by atoms with Gasteiger partial charge in [0.15, 0.2) is 0 Å². The molecule has 2 heterocycles. The minimum atomic E-state index is -0.0365. The molecular weight excluding hydrogens is 808 g/mol. The van der Waals surface area contributed by atoms with Crippen molar-refractivity contribution >= 4 is 57.2 Å². The summed E-state index contributed by atoms with van der Waals surface area (Å²) >= 11 is 0. The Balaban J connectivity index is 1.27. The summed E-state index contributed by atoms with van der Waals surface area (Å²) in [6.45, 7) is 35.2. The third-order valence-electron chi connectivity index (χ3n) is 15.1. The SMILES string of the molecule is Cc1cc2c3c(c1)N(c1ccc(C(C)(C)C)cc1-c1cccc(-c4ccc(C(C)(C)C)cc4)c1)c1cc4c(cc1B3c1ccc(C(C)(C)C)cc1N2c1cccc(C(C)(C)C)c1)CC(C)(C)C4. The Morgan fingerprint density at radius 1 is 0.418 bits per heavy atom. The van der Waals surface area contributed by atoms with Crippen molar-refractivity contribution in [2.75, 3.05) is 9.80 Å². The van der Waals surface area contributed by atoms with Crippen LogP contribution < -0.4 is 26.2 Å². The largest absolute Gasteiger partial charge is 0.311 e. The summed E-state index contributed by atoms with van der Waals surface area (Å²) in [6, 6.07) is 52.8. The Morgan fingerprint density at radius 3 is 1.61 bits per heavy atom. The lowest BCUT2D eigenvalue weighted by Gasteiger charge is -2.45. The van der Waals surface area contributed by atoms with Crippen molar-refractivity contribution in [2.24, 2.45) is 5.41 Å². The van der Waals surface area contributed by atoms with E-state index in [-0.39, 0.29) is 33.8 Å². The molecule has 340 valence electrons. The van der Waals surface area contributed by atoms with Gasteiger partial charge in [0.2, 0.25) is 0 Å². The molecule has 0 saturated carbocycles. The molecule has 7 aromatic carbocycles. The lowest BCUT2D eigenvalue weighted by atomic mass is 9.33. The van der Waals surface area contributed by atoms with E-state index in [9.17, 15) is 0 Å².